The van der Waals surface area contributed by atoms with Crippen LogP contribution in [0, 0.1) is 42.9 Å². The van der Waals surface area contributed by atoms with Gasteiger partial charge in [0.15, 0.2) is 0 Å². The minimum absolute atomic E-state index is 0.0200. The Kier molecular flexibility index (Phi) is 4.87. The van der Waals surface area contributed by atoms with Gasteiger partial charge >= 0.3 is 0 Å². The monoisotopic (exact) mass is 453 g/mol. The van der Waals surface area contributed by atoms with E-state index < -0.39 is 0 Å². The molecule has 1 unspecified atom stereocenters. The summed E-state index contributed by atoms with van der Waals surface area (Å²) in [6.45, 7) is 6.44. The molecule has 3 aliphatic rings. The molecule has 8 nitrogen and oxygen atoms in total. The highest BCUT2D eigenvalue weighted by Gasteiger charge is 2.56. The molecule has 6 rings (SSSR count). The second kappa shape index (κ2) is 7.94. The van der Waals surface area contributed by atoms with Crippen molar-refractivity contribution >= 4 is 11.7 Å². The van der Waals surface area contributed by atoms with E-state index in [1.807, 2.05) is 26.1 Å². The first-order valence-electron chi connectivity index (χ1n) is 11.9. The number of fused-ring (bicyclic) bond motifs is 2. The van der Waals surface area contributed by atoms with Gasteiger partial charge in [0.1, 0.15) is 5.82 Å². The third kappa shape index (κ3) is 3.52. The summed E-state index contributed by atoms with van der Waals surface area (Å²) in [5, 5.41) is 16.7. The van der Waals surface area contributed by atoms with Crippen molar-refractivity contribution in [3.8, 4) is 6.07 Å². The average molecular weight is 454 g/mol. The van der Waals surface area contributed by atoms with Crippen molar-refractivity contribution in [3.63, 3.8) is 0 Å². The van der Waals surface area contributed by atoms with E-state index >= 15 is 0 Å². The molecule has 4 atom stereocenters. The van der Waals surface area contributed by atoms with Gasteiger partial charge in [-0.25, -0.2) is 4.98 Å². The average Bonchev–Trinajstić information content (AvgIpc) is 3.27. The van der Waals surface area contributed by atoms with Gasteiger partial charge in [0.25, 0.3) is 5.91 Å². The predicted molar refractivity (Wildman–Crippen MR) is 126 cm³/mol. The first kappa shape index (κ1) is 20.8. The SMILES string of the molecule is Cc1nc(N2C[C@@H]3C(C#N)[C@@H]3C2)ccc1Cn1cc(C(=O)N[C@@H]2CCc3c2ccnc3C)cn1. The van der Waals surface area contributed by atoms with Gasteiger partial charge in [-0.15, -0.1) is 0 Å². The van der Waals surface area contributed by atoms with Crippen LogP contribution < -0.4 is 10.2 Å². The lowest BCUT2D eigenvalue weighted by Gasteiger charge is -2.21. The highest BCUT2D eigenvalue weighted by Crippen LogP contribution is 2.51. The lowest BCUT2D eigenvalue weighted by atomic mass is 10.1. The van der Waals surface area contributed by atoms with Crippen LogP contribution in [0.2, 0.25) is 0 Å². The summed E-state index contributed by atoms with van der Waals surface area (Å²) < 4.78 is 1.79. The number of hydrogen-bond donors (Lipinski definition) is 1. The van der Waals surface area contributed by atoms with E-state index in [1.165, 1.54) is 11.1 Å². The Hall–Kier alpha value is -3.73. The molecule has 3 aromatic heterocycles. The fourth-order valence-electron chi connectivity index (χ4n) is 5.67. The summed E-state index contributed by atoms with van der Waals surface area (Å²) in [6, 6.07) is 8.59. The Morgan fingerprint density at radius 1 is 1.21 bits per heavy atom. The molecule has 1 saturated heterocycles. The molecular weight excluding hydrogens is 426 g/mol. The number of aromatic nitrogens is 4. The Balaban J connectivity index is 1.10. The maximum absolute atomic E-state index is 12.9. The largest absolute Gasteiger partial charge is 0.356 e. The first-order chi connectivity index (χ1) is 16.5. The number of nitrogens with one attached hydrogen (secondary N) is 1. The fraction of sp³-hybridized carbons (Fsp3) is 0.423. The Morgan fingerprint density at radius 3 is 2.79 bits per heavy atom. The zero-order chi connectivity index (χ0) is 23.4. The molecule has 1 amide bonds. The predicted octanol–water partition coefficient (Wildman–Crippen LogP) is 2.96. The van der Waals surface area contributed by atoms with Gasteiger partial charge in [0.2, 0.25) is 0 Å². The van der Waals surface area contributed by atoms with E-state index in [2.05, 4.69) is 38.5 Å². The second-order valence-corrected chi connectivity index (χ2v) is 9.76. The molecule has 0 bridgehead atoms. The van der Waals surface area contributed by atoms with Crippen molar-refractivity contribution in [2.75, 3.05) is 18.0 Å². The molecular formula is C26H27N7O. The maximum atomic E-state index is 12.9. The van der Waals surface area contributed by atoms with E-state index in [0.717, 1.165) is 48.7 Å². The van der Waals surface area contributed by atoms with Crippen LogP contribution in [-0.2, 0) is 13.0 Å². The number of nitrogens with zero attached hydrogens (tertiary/aromatic N) is 6. The van der Waals surface area contributed by atoms with Crippen LogP contribution >= 0.6 is 0 Å². The number of hydrogen-bond acceptors (Lipinski definition) is 6. The number of amides is 1. The van der Waals surface area contributed by atoms with Gasteiger partial charge in [0, 0.05) is 36.9 Å². The fourth-order valence-corrected chi connectivity index (χ4v) is 5.67. The normalized spacial score (nSPS) is 24.4. The van der Waals surface area contributed by atoms with Crippen molar-refractivity contribution < 1.29 is 4.79 Å². The molecule has 3 aromatic rings. The lowest BCUT2D eigenvalue weighted by Crippen LogP contribution is -2.26. The Bertz CT molecular complexity index is 1310. The zero-order valence-corrected chi connectivity index (χ0v) is 19.4. The third-order valence-corrected chi connectivity index (χ3v) is 7.75. The van der Waals surface area contributed by atoms with Gasteiger partial charge in [-0.2, -0.15) is 10.4 Å². The van der Waals surface area contributed by atoms with Crippen LogP contribution in [0.5, 0.6) is 0 Å². The second-order valence-electron chi connectivity index (χ2n) is 9.76. The van der Waals surface area contributed by atoms with Gasteiger partial charge in [0.05, 0.1) is 36.3 Å². The Morgan fingerprint density at radius 2 is 2.03 bits per heavy atom. The minimum Gasteiger partial charge on any atom is -0.356 e. The summed E-state index contributed by atoms with van der Waals surface area (Å²) >= 11 is 0. The number of carbonyl (C=O) groups excluding carboxylic acids is 1. The molecule has 34 heavy (non-hydrogen) atoms. The van der Waals surface area contributed by atoms with Crippen molar-refractivity contribution in [1.82, 2.24) is 25.1 Å². The summed E-state index contributed by atoms with van der Waals surface area (Å²) in [5.41, 5.74) is 6.07. The van der Waals surface area contributed by atoms with E-state index in [1.54, 1.807) is 17.1 Å². The van der Waals surface area contributed by atoms with Crippen molar-refractivity contribution in [1.29, 1.82) is 5.26 Å². The van der Waals surface area contributed by atoms with E-state index in [-0.39, 0.29) is 17.9 Å². The quantitative estimate of drug-likeness (QED) is 0.638. The molecule has 1 saturated carbocycles. The van der Waals surface area contributed by atoms with Crippen LogP contribution in [0.1, 0.15) is 50.9 Å². The molecule has 172 valence electrons. The number of pyridine rings is 2. The summed E-state index contributed by atoms with van der Waals surface area (Å²) in [7, 11) is 0. The van der Waals surface area contributed by atoms with Crippen molar-refractivity contribution in [2.24, 2.45) is 17.8 Å². The first-order valence-corrected chi connectivity index (χ1v) is 11.9. The number of carbonyl (C=O) groups is 1. The van der Waals surface area contributed by atoms with Crippen LogP contribution in [-0.4, -0.2) is 38.7 Å². The molecule has 8 heteroatoms. The topological polar surface area (TPSA) is 99.7 Å². The number of anilines is 1. The number of piperidine rings is 1. The standard InChI is InChI=1S/C26H27N7O/c1-15-17(3-6-25(30-15)32-13-22-21(9-27)23(22)14-32)11-33-12-18(10-29-33)26(34)31-24-5-4-19-16(2)28-8-7-20(19)24/h3,6-8,10,12,21-24H,4-5,11,13-14H2,1-2H3,(H,31,34)/t21?,22-,23+,24-/m1/s1. The summed E-state index contributed by atoms with van der Waals surface area (Å²) in [4.78, 5) is 24.3. The summed E-state index contributed by atoms with van der Waals surface area (Å²) in [5.74, 6) is 2.14. The van der Waals surface area contributed by atoms with Crippen molar-refractivity contribution in [3.05, 3.63) is 70.4 Å². The summed E-state index contributed by atoms with van der Waals surface area (Å²) in [6.07, 6.45) is 7.08. The highest BCUT2D eigenvalue weighted by atomic mass is 16.1. The zero-order valence-electron chi connectivity index (χ0n) is 19.4. The van der Waals surface area contributed by atoms with Gasteiger partial charge in [-0.3, -0.25) is 14.5 Å². The van der Waals surface area contributed by atoms with Crippen LogP contribution in [0.3, 0.4) is 0 Å². The molecule has 1 N–H and O–H groups in total. The highest BCUT2D eigenvalue weighted by molar-refractivity contribution is 5.94. The molecule has 1 aliphatic heterocycles. The van der Waals surface area contributed by atoms with E-state index in [4.69, 9.17) is 10.2 Å². The van der Waals surface area contributed by atoms with Gasteiger partial charge < -0.3 is 10.2 Å². The molecule has 2 aliphatic carbocycles. The van der Waals surface area contributed by atoms with Gasteiger partial charge in [-0.05, 0) is 67.3 Å². The number of aryl methyl sites for hydroxylation is 2. The number of rotatable bonds is 5. The lowest BCUT2D eigenvalue weighted by molar-refractivity contribution is 0.0936. The van der Waals surface area contributed by atoms with Crippen LogP contribution in [0.25, 0.3) is 0 Å². The van der Waals surface area contributed by atoms with E-state index in [0.29, 0.717) is 23.9 Å². The van der Waals surface area contributed by atoms with Crippen LogP contribution in [0.4, 0.5) is 5.82 Å². The molecule has 0 radical (unpaired) electrons. The minimum atomic E-state index is -0.105. The van der Waals surface area contributed by atoms with Crippen LogP contribution in [0.15, 0.2) is 36.8 Å². The molecule has 4 heterocycles. The van der Waals surface area contributed by atoms with Gasteiger partial charge in [-0.1, -0.05) is 6.07 Å². The smallest absolute Gasteiger partial charge is 0.254 e. The molecule has 2 fully saturated rings. The number of nitriles is 1. The molecule has 0 aromatic carbocycles. The maximum Gasteiger partial charge on any atom is 0.254 e. The third-order valence-electron chi connectivity index (χ3n) is 7.75. The molecule has 0 spiro atoms. The van der Waals surface area contributed by atoms with Crippen molar-refractivity contribution in [2.45, 2.75) is 39.3 Å². The van der Waals surface area contributed by atoms with E-state index in [9.17, 15) is 4.79 Å². The Labute approximate surface area is 198 Å².